The van der Waals surface area contributed by atoms with E-state index in [1.165, 1.54) is 16.8 Å². The van der Waals surface area contributed by atoms with Gasteiger partial charge in [-0.3, -0.25) is 4.79 Å². The number of benzene rings is 2. The summed E-state index contributed by atoms with van der Waals surface area (Å²) in [6.45, 7) is 1.69. The van der Waals surface area contributed by atoms with Crippen molar-refractivity contribution in [2.24, 2.45) is 0 Å². The lowest BCUT2D eigenvalue weighted by molar-refractivity contribution is -0.115. The number of nitrogen functional groups attached to an aromatic ring is 1. The van der Waals surface area contributed by atoms with Gasteiger partial charge in [0.15, 0.2) is 5.82 Å². The number of carbonyl (C=O) groups is 1. The molecule has 0 saturated carbocycles. The van der Waals surface area contributed by atoms with E-state index in [-0.39, 0.29) is 11.7 Å². The summed E-state index contributed by atoms with van der Waals surface area (Å²) in [6.07, 6.45) is 0. The Kier molecular flexibility index (Phi) is 5.88. The third-order valence-corrected chi connectivity index (χ3v) is 5.32. The number of nitrogens with zero attached hydrogens (tertiary/aromatic N) is 3. The monoisotopic (exact) mass is 425 g/mol. The number of anilines is 1. The molecule has 10 heteroatoms. The molecule has 27 heavy (non-hydrogen) atoms. The summed E-state index contributed by atoms with van der Waals surface area (Å²) < 4.78 is 14.3. The van der Waals surface area contributed by atoms with Crippen LogP contribution < -0.4 is 11.2 Å². The number of hydrogen-bond donors (Lipinski definition) is 2. The predicted octanol–water partition coefficient (Wildman–Crippen LogP) is 4.22. The molecule has 1 aromatic heterocycles. The van der Waals surface area contributed by atoms with Gasteiger partial charge in [-0.25, -0.2) is 9.07 Å². The zero-order valence-electron chi connectivity index (χ0n) is 14.0. The first-order valence-corrected chi connectivity index (χ1v) is 9.38. The second-order valence-electron chi connectivity index (χ2n) is 5.53. The van der Waals surface area contributed by atoms with Crippen LogP contribution in [0.5, 0.6) is 0 Å². The molecule has 3 aromatic rings. The van der Waals surface area contributed by atoms with Crippen LogP contribution >= 0.6 is 35.0 Å². The van der Waals surface area contributed by atoms with Crippen molar-refractivity contribution in [3.63, 3.8) is 0 Å². The molecule has 6 nitrogen and oxygen atoms in total. The highest BCUT2D eigenvalue weighted by Crippen LogP contribution is 2.31. The Hall–Kier alpha value is -2.29. The highest BCUT2D eigenvalue weighted by molar-refractivity contribution is 8.00. The first-order valence-electron chi connectivity index (χ1n) is 7.74. The lowest BCUT2D eigenvalue weighted by Crippen LogP contribution is -2.24. The Morgan fingerprint density at radius 3 is 2.44 bits per heavy atom. The van der Waals surface area contributed by atoms with Gasteiger partial charge in [0, 0.05) is 5.56 Å². The smallest absolute Gasteiger partial charge is 0.237 e. The van der Waals surface area contributed by atoms with Crippen molar-refractivity contribution in [3.05, 3.63) is 58.3 Å². The van der Waals surface area contributed by atoms with E-state index in [1.807, 2.05) is 0 Å². The molecular weight excluding hydrogens is 412 g/mol. The molecule has 1 amide bonds. The van der Waals surface area contributed by atoms with Gasteiger partial charge in [0.25, 0.3) is 0 Å². The molecule has 3 rings (SSSR count). The molecule has 0 saturated heterocycles. The van der Waals surface area contributed by atoms with Gasteiger partial charge in [-0.1, -0.05) is 41.0 Å². The summed E-state index contributed by atoms with van der Waals surface area (Å²) in [5.74, 6) is 5.71. The molecule has 0 bridgehead atoms. The van der Waals surface area contributed by atoms with Crippen LogP contribution in [0.25, 0.3) is 11.4 Å². The minimum absolute atomic E-state index is 0.318. The van der Waals surface area contributed by atoms with Crippen molar-refractivity contribution in [2.75, 3.05) is 11.2 Å². The van der Waals surface area contributed by atoms with Gasteiger partial charge in [-0.2, -0.15) is 0 Å². The zero-order chi connectivity index (χ0) is 19.6. The van der Waals surface area contributed by atoms with Crippen molar-refractivity contribution in [1.29, 1.82) is 0 Å². The Balaban J connectivity index is 1.73. The molecule has 0 fully saturated rings. The molecule has 1 atom stereocenters. The van der Waals surface area contributed by atoms with Crippen LogP contribution in [0.15, 0.2) is 47.6 Å². The van der Waals surface area contributed by atoms with Crippen LogP contribution in [0.2, 0.25) is 10.0 Å². The first kappa shape index (κ1) is 19.5. The van der Waals surface area contributed by atoms with E-state index in [9.17, 15) is 9.18 Å². The Morgan fingerprint density at radius 2 is 1.81 bits per heavy atom. The van der Waals surface area contributed by atoms with Crippen LogP contribution in [0.3, 0.4) is 0 Å². The molecule has 140 valence electrons. The summed E-state index contributed by atoms with van der Waals surface area (Å²) in [5.41, 5.74) is 0.956. The second-order valence-corrected chi connectivity index (χ2v) is 7.65. The maximum absolute atomic E-state index is 13.1. The van der Waals surface area contributed by atoms with Gasteiger partial charge in [0.1, 0.15) is 5.82 Å². The average Bonchev–Trinajstić information content (AvgIpc) is 2.99. The number of nitrogens with one attached hydrogen (secondary N) is 1. The van der Waals surface area contributed by atoms with E-state index in [0.717, 1.165) is 11.8 Å². The highest BCUT2D eigenvalue weighted by Gasteiger charge is 2.21. The van der Waals surface area contributed by atoms with Crippen LogP contribution in [-0.2, 0) is 4.79 Å². The van der Waals surface area contributed by atoms with Crippen molar-refractivity contribution >= 4 is 46.6 Å². The second kappa shape index (κ2) is 8.16. The van der Waals surface area contributed by atoms with Gasteiger partial charge in [-0.15, -0.1) is 10.2 Å². The van der Waals surface area contributed by atoms with Gasteiger partial charge in [0.05, 0.1) is 21.0 Å². The maximum atomic E-state index is 13.1. The van der Waals surface area contributed by atoms with E-state index >= 15 is 0 Å². The minimum atomic E-state index is -0.551. The largest absolute Gasteiger partial charge is 0.335 e. The van der Waals surface area contributed by atoms with Crippen molar-refractivity contribution in [2.45, 2.75) is 17.3 Å². The number of nitrogens with two attached hydrogens (primary N) is 1. The van der Waals surface area contributed by atoms with Crippen molar-refractivity contribution < 1.29 is 9.18 Å². The molecule has 2 aromatic carbocycles. The summed E-state index contributed by atoms with van der Waals surface area (Å²) >= 11 is 13.3. The molecule has 1 heterocycles. The molecule has 0 radical (unpaired) electrons. The lowest BCUT2D eigenvalue weighted by Gasteiger charge is -2.13. The fourth-order valence-corrected chi connectivity index (χ4v) is 3.47. The predicted molar refractivity (Wildman–Crippen MR) is 106 cm³/mol. The minimum Gasteiger partial charge on any atom is -0.335 e. The molecule has 3 N–H and O–H groups in total. The van der Waals surface area contributed by atoms with Crippen LogP contribution in [0.4, 0.5) is 10.1 Å². The fourth-order valence-electron chi connectivity index (χ4n) is 2.21. The van der Waals surface area contributed by atoms with E-state index < -0.39 is 5.25 Å². The van der Waals surface area contributed by atoms with E-state index in [1.54, 1.807) is 37.3 Å². The number of thioether (sulfide) groups is 1. The SMILES string of the molecule is CC(Sc1nnc(-c2ccc(F)cc2)n1N)C(=O)Nc1c(Cl)cccc1Cl. The van der Waals surface area contributed by atoms with E-state index in [2.05, 4.69) is 15.5 Å². The number of carbonyl (C=O) groups excluding carboxylic acids is 1. The summed E-state index contributed by atoms with van der Waals surface area (Å²) in [4.78, 5) is 12.5. The van der Waals surface area contributed by atoms with Gasteiger partial charge >= 0.3 is 0 Å². The number of para-hydroxylation sites is 1. The number of amides is 1. The van der Waals surface area contributed by atoms with Crippen LogP contribution in [0, 0.1) is 5.82 Å². The van der Waals surface area contributed by atoms with Gasteiger partial charge in [-0.05, 0) is 43.3 Å². The number of rotatable bonds is 5. The fraction of sp³-hybridized carbons (Fsp3) is 0.118. The highest BCUT2D eigenvalue weighted by atomic mass is 35.5. The topological polar surface area (TPSA) is 85.8 Å². The third kappa shape index (κ3) is 4.35. The first-order chi connectivity index (χ1) is 12.9. The molecule has 0 aliphatic carbocycles. The van der Waals surface area contributed by atoms with Crippen LogP contribution in [0.1, 0.15) is 6.92 Å². The third-order valence-electron chi connectivity index (χ3n) is 3.63. The van der Waals surface area contributed by atoms with E-state index in [4.69, 9.17) is 29.0 Å². The van der Waals surface area contributed by atoms with Gasteiger partial charge < -0.3 is 11.2 Å². The Morgan fingerprint density at radius 1 is 1.19 bits per heavy atom. The quantitative estimate of drug-likeness (QED) is 0.471. The Bertz CT molecular complexity index is 960. The average molecular weight is 426 g/mol. The summed E-state index contributed by atoms with van der Waals surface area (Å²) in [6, 6.07) is 10.7. The Labute approximate surface area is 168 Å². The van der Waals surface area contributed by atoms with E-state index in [0.29, 0.717) is 32.3 Å². The standard InChI is InChI=1S/C17H14Cl2FN5OS/c1-9(16(26)22-14-12(18)3-2-4-13(14)19)27-17-24-23-15(25(17)21)10-5-7-11(20)8-6-10/h2-9H,21H2,1H3,(H,22,26). The summed E-state index contributed by atoms with van der Waals surface area (Å²) in [5, 5.41) is 11.2. The molecule has 0 aliphatic rings. The summed E-state index contributed by atoms with van der Waals surface area (Å²) in [7, 11) is 0. The molecular formula is C17H14Cl2FN5OS. The van der Waals surface area contributed by atoms with Crippen molar-refractivity contribution in [1.82, 2.24) is 14.9 Å². The van der Waals surface area contributed by atoms with Crippen LogP contribution in [-0.4, -0.2) is 26.0 Å². The lowest BCUT2D eigenvalue weighted by atomic mass is 10.2. The number of hydrogen-bond acceptors (Lipinski definition) is 5. The van der Waals surface area contributed by atoms with Gasteiger partial charge in [0.2, 0.25) is 11.1 Å². The normalized spacial score (nSPS) is 12.0. The molecule has 0 aliphatic heterocycles. The molecule has 1 unspecified atom stereocenters. The zero-order valence-corrected chi connectivity index (χ0v) is 16.3. The maximum Gasteiger partial charge on any atom is 0.237 e. The van der Waals surface area contributed by atoms with Crippen molar-refractivity contribution in [3.8, 4) is 11.4 Å². The number of aromatic nitrogens is 3. The number of halogens is 3. The molecule has 0 spiro atoms.